The largest absolute Gasteiger partial charge is 0.381 e. The number of hydrogen-bond acceptors (Lipinski definition) is 2. The van der Waals surface area contributed by atoms with Gasteiger partial charge in [0.15, 0.2) is 0 Å². The first kappa shape index (κ1) is 15.9. The Morgan fingerprint density at radius 3 is 2.62 bits per heavy atom. The molecule has 0 unspecified atom stereocenters. The molecule has 2 rings (SSSR count). The molecule has 2 N–H and O–H groups in total. The lowest BCUT2D eigenvalue weighted by molar-refractivity contribution is 0.0963. The lowest BCUT2D eigenvalue weighted by atomic mass is 10.1. The van der Waals surface area contributed by atoms with Gasteiger partial charge in [0.2, 0.25) is 0 Å². The second kappa shape index (κ2) is 6.96. The van der Waals surface area contributed by atoms with Gasteiger partial charge in [-0.2, -0.15) is 0 Å². The predicted octanol–water partition coefficient (Wildman–Crippen LogP) is 4.38. The Morgan fingerprint density at radius 2 is 2.00 bits per heavy atom. The van der Waals surface area contributed by atoms with Crippen molar-refractivity contribution in [2.24, 2.45) is 0 Å². The van der Waals surface area contributed by atoms with Crippen molar-refractivity contribution < 1.29 is 4.79 Å². The third kappa shape index (κ3) is 3.99. The van der Waals surface area contributed by atoms with Crippen LogP contribution in [0, 0.1) is 6.92 Å². The fourth-order valence-corrected chi connectivity index (χ4v) is 2.74. The molecule has 0 aliphatic rings. The van der Waals surface area contributed by atoms with E-state index in [1.807, 2.05) is 37.3 Å². The first-order valence-corrected chi connectivity index (χ1v) is 7.69. The molecule has 5 heteroatoms. The molecule has 0 bridgehead atoms. The maximum Gasteiger partial charge on any atom is 0.251 e. The molecule has 0 saturated carbocycles. The van der Waals surface area contributed by atoms with Gasteiger partial charge in [0, 0.05) is 34.3 Å². The van der Waals surface area contributed by atoms with Crippen molar-refractivity contribution in [1.29, 1.82) is 0 Å². The van der Waals surface area contributed by atoms with Crippen LogP contribution in [0.25, 0.3) is 0 Å². The number of benzene rings is 2. The molecule has 3 nitrogen and oxygen atoms in total. The molecule has 0 saturated heterocycles. The van der Waals surface area contributed by atoms with Gasteiger partial charge in [-0.3, -0.25) is 4.79 Å². The summed E-state index contributed by atoms with van der Waals surface area (Å²) in [5, 5.41) is 6.68. The predicted molar refractivity (Wildman–Crippen MR) is 91.0 cm³/mol. The molecular weight excluding hydrogens is 352 g/mol. The van der Waals surface area contributed by atoms with Crippen LogP contribution in [-0.4, -0.2) is 13.0 Å². The summed E-state index contributed by atoms with van der Waals surface area (Å²) in [7, 11) is 1.62. The Labute approximate surface area is 137 Å². The first-order chi connectivity index (χ1) is 10.0. The minimum absolute atomic E-state index is 0.0828. The van der Waals surface area contributed by atoms with Crippen LogP contribution in [0.2, 0.25) is 5.02 Å². The van der Waals surface area contributed by atoms with Crippen molar-refractivity contribution in [3.05, 3.63) is 62.6 Å². The van der Waals surface area contributed by atoms with Crippen LogP contribution in [0.1, 0.15) is 21.5 Å². The minimum atomic E-state index is -0.0828. The number of nitrogens with one attached hydrogen (secondary N) is 2. The first-order valence-electron chi connectivity index (χ1n) is 6.52. The highest BCUT2D eigenvalue weighted by Gasteiger charge is 2.06. The Hall–Kier alpha value is -1.52. The molecule has 0 heterocycles. The van der Waals surface area contributed by atoms with Crippen molar-refractivity contribution in [1.82, 2.24) is 5.32 Å². The molecule has 0 radical (unpaired) electrons. The van der Waals surface area contributed by atoms with Crippen LogP contribution in [0.15, 0.2) is 40.9 Å². The monoisotopic (exact) mass is 366 g/mol. The van der Waals surface area contributed by atoms with Gasteiger partial charge in [0.1, 0.15) is 0 Å². The summed E-state index contributed by atoms with van der Waals surface area (Å²) in [5.41, 5.74) is 3.68. The lowest BCUT2D eigenvalue weighted by Crippen LogP contribution is -2.17. The number of anilines is 1. The van der Waals surface area contributed by atoms with Crippen molar-refractivity contribution in [2.75, 3.05) is 12.4 Å². The molecule has 2 aromatic carbocycles. The maximum absolute atomic E-state index is 11.6. The summed E-state index contributed by atoms with van der Waals surface area (Å²) < 4.78 is 0.961. The molecule has 0 spiro atoms. The van der Waals surface area contributed by atoms with E-state index in [4.69, 9.17) is 11.6 Å². The molecule has 1 amide bonds. The van der Waals surface area contributed by atoms with E-state index in [9.17, 15) is 4.79 Å². The Kier molecular flexibility index (Phi) is 5.26. The quantitative estimate of drug-likeness (QED) is 0.842. The molecule has 0 fully saturated rings. The van der Waals surface area contributed by atoms with Crippen LogP contribution < -0.4 is 10.6 Å². The van der Waals surface area contributed by atoms with E-state index in [0.717, 1.165) is 26.3 Å². The van der Waals surface area contributed by atoms with Gasteiger partial charge >= 0.3 is 0 Å². The topological polar surface area (TPSA) is 41.1 Å². The minimum Gasteiger partial charge on any atom is -0.381 e. The van der Waals surface area contributed by atoms with Gasteiger partial charge < -0.3 is 10.6 Å². The highest BCUT2D eigenvalue weighted by Crippen LogP contribution is 2.23. The maximum atomic E-state index is 11.6. The summed E-state index contributed by atoms with van der Waals surface area (Å²) in [6.45, 7) is 2.60. The fourth-order valence-electron chi connectivity index (χ4n) is 2.00. The van der Waals surface area contributed by atoms with Crippen LogP contribution in [-0.2, 0) is 6.54 Å². The smallest absolute Gasteiger partial charge is 0.251 e. The Bertz CT molecular complexity index is 673. The highest BCUT2D eigenvalue weighted by atomic mass is 79.9. The van der Waals surface area contributed by atoms with E-state index in [1.165, 1.54) is 0 Å². The zero-order valence-corrected chi connectivity index (χ0v) is 14.2. The Balaban J connectivity index is 2.11. The number of halogens is 2. The van der Waals surface area contributed by atoms with Crippen molar-refractivity contribution in [3.63, 3.8) is 0 Å². The second-order valence-electron chi connectivity index (χ2n) is 4.70. The molecule has 110 valence electrons. The standard InChI is InChI=1S/C16H16BrClN2O/c1-10-7-11(16(21)19-2)4-6-15(10)20-9-12-3-5-13(17)8-14(12)18/h3-8,20H,9H2,1-2H3,(H,19,21). The number of carbonyl (C=O) groups excluding carboxylic acids is 1. The lowest BCUT2D eigenvalue weighted by Gasteiger charge is -2.12. The summed E-state index contributed by atoms with van der Waals surface area (Å²) in [5.74, 6) is -0.0828. The van der Waals surface area contributed by atoms with Crippen LogP contribution in [0.3, 0.4) is 0 Å². The molecule has 0 aliphatic heterocycles. The molecule has 0 aromatic heterocycles. The second-order valence-corrected chi connectivity index (χ2v) is 6.02. The van der Waals surface area contributed by atoms with Crippen LogP contribution in [0.5, 0.6) is 0 Å². The number of hydrogen-bond donors (Lipinski definition) is 2. The number of carbonyl (C=O) groups is 1. The van der Waals surface area contributed by atoms with Crippen LogP contribution >= 0.6 is 27.5 Å². The summed E-state index contributed by atoms with van der Waals surface area (Å²) in [6.07, 6.45) is 0. The van der Waals surface area contributed by atoms with Gasteiger partial charge in [-0.25, -0.2) is 0 Å². The number of rotatable bonds is 4. The summed E-state index contributed by atoms with van der Waals surface area (Å²) in [4.78, 5) is 11.6. The molecule has 2 aromatic rings. The van der Waals surface area contributed by atoms with Gasteiger partial charge in [-0.1, -0.05) is 33.6 Å². The van der Waals surface area contributed by atoms with E-state index < -0.39 is 0 Å². The molecule has 21 heavy (non-hydrogen) atoms. The van der Waals surface area contributed by atoms with Gasteiger partial charge in [-0.15, -0.1) is 0 Å². The van der Waals surface area contributed by atoms with E-state index in [-0.39, 0.29) is 5.91 Å². The van der Waals surface area contributed by atoms with Gasteiger partial charge in [0.05, 0.1) is 0 Å². The van der Waals surface area contributed by atoms with Crippen LogP contribution in [0.4, 0.5) is 5.69 Å². The van der Waals surface area contributed by atoms with E-state index in [0.29, 0.717) is 12.1 Å². The van der Waals surface area contributed by atoms with E-state index in [1.54, 1.807) is 13.1 Å². The van der Waals surface area contributed by atoms with E-state index >= 15 is 0 Å². The zero-order chi connectivity index (χ0) is 15.4. The normalized spacial score (nSPS) is 10.3. The fraction of sp³-hybridized carbons (Fsp3) is 0.188. The summed E-state index contributed by atoms with van der Waals surface area (Å²) >= 11 is 9.59. The third-order valence-corrected chi connectivity index (χ3v) is 4.05. The Morgan fingerprint density at radius 1 is 1.24 bits per heavy atom. The SMILES string of the molecule is CNC(=O)c1ccc(NCc2ccc(Br)cc2Cl)c(C)c1. The molecule has 0 atom stereocenters. The zero-order valence-electron chi connectivity index (χ0n) is 11.8. The molecular formula is C16H16BrClN2O. The van der Waals surface area contributed by atoms with Crippen molar-refractivity contribution in [3.8, 4) is 0 Å². The average molecular weight is 368 g/mol. The van der Waals surface area contributed by atoms with Gasteiger partial charge in [0.25, 0.3) is 5.91 Å². The third-order valence-electron chi connectivity index (χ3n) is 3.20. The van der Waals surface area contributed by atoms with Crippen molar-refractivity contribution >= 4 is 39.1 Å². The number of aryl methyl sites for hydroxylation is 1. The number of amides is 1. The molecule has 0 aliphatic carbocycles. The summed E-state index contributed by atoms with van der Waals surface area (Å²) in [6, 6.07) is 11.4. The highest BCUT2D eigenvalue weighted by molar-refractivity contribution is 9.10. The average Bonchev–Trinajstić information content (AvgIpc) is 2.46. The van der Waals surface area contributed by atoms with Crippen molar-refractivity contribution in [2.45, 2.75) is 13.5 Å². The van der Waals surface area contributed by atoms with E-state index in [2.05, 4.69) is 26.6 Å². The van der Waals surface area contributed by atoms with Gasteiger partial charge in [-0.05, 0) is 48.4 Å².